The third kappa shape index (κ3) is 1.89. The summed E-state index contributed by atoms with van der Waals surface area (Å²) >= 11 is 0. The third-order valence-electron chi connectivity index (χ3n) is 3.67. The second kappa shape index (κ2) is 4.37. The number of aromatic nitrogens is 3. The van der Waals surface area contributed by atoms with Gasteiger partial charge in [0.1, 0.15) is 0 Å². The van der Waals surface area contributed by atoms with E-state index in [1.54, 1.807) is 0 Å². The summed E-state index contributed by atoms with van der Waals surface area (Å²) in [5.74, 6) is 0.636. The van der Waals surface area contributed by atoms with Crippen LogP contribution in [-0.4, -0.2) is 28.3 Å². The van der Waals surface area contributed by atoms with E-state index in [-0.39, 0.29) is 0 Å². The molecule has 4 heteroatoms. The van der Waals surface area contributed by atoms with Crippen molar-refractivity contribution in [3.8, 4) is 11.3 Å². The molecule has 1 aliphatic heterocycles. The Kier molecular flexibility index (Phi) is 2.73. The summed E-state index contributed by atoms with van der Waals surface area (Å²) in [7, 11) is 0. The van der Waals surface area contributed by atoms with E-state index >= 15 is 0 Å². The van der Waals surface area contributed by atoms with Gasteiger partial charge in [-0.05, 0) is 44.5 Å². The van der Waals surface area contributed by atoms with Crippen molar-refractivity contribution in [1.82, 2.24) is 20.5 Å². The van der Waals surface area contributed by atoms with Crippen molar-refractivity contribution in [2.24, 2.45) is 0 Å². The molecule has 2 aromatic heterocycles. The van der Waals surface area contributed by atoms with E-state index in [1.165, 1.54) is 29.7 Å². The fourth-order valence-corrected chi connectivity index (χ4v) is 2.67. The summed E-state index contributed by atoms with van der Waals surface area (Å²) < 4.78 is 0. The predicted octanol–water partition coefficient (Wildman–Crippen LogP) is 2.18. The van der Waals surface area contributed by atoms with Crippen LogP contribution in [0.25, 0.3) is 11.3 Å². The Hall–Kier alpha value is -1.55. The lowest BCUT2D eigenvalue weighted by Crippen LogP contribution is -2.27. The number of hydrogen-bond donors (Lipinski definition) is 3. The molecule has 3 N–H and O–H groups in total. The van der Waals surface area contributed by atoms with Crippen LogP contribution in [0, 0.1) is 6.92 Å². The molecule has 0 aromatic carbocycles. The SMILES string of the molecule is Cc1c(-c2cc[nH]c2)n[nH]c1C1CCNCC1. The number of piperidine rings is 1. The van der Waals surface area contributed by atoms with Gasteiger partial charge in [-0.1, -0.05) is 0 Å². The molecule has 2 aromatic rings. The monoisotopic (exact) mass is 230 g/mol. The summed E-state index contributed by atoms with van der Waals surface area (Å²) in [6.45, 7) is 4.40. The van der Waals surface area contributed by atoms with E-state index in [9.17, 15) is 0 Å². The van der Waals surface area contributed by atoms with Crippen LogP contribution in [0.3, 0.4) is 0 Å². The number of H-pyrrole nitrogens is 2. The van der Waals surface area contributed by atoms with Crippen molar-refractivity contribution >= 4 is 0 Å². The van der Waals surface area contributed by atoms with Crippen molar-refractivity contribution in [2.75, 3.05) is 13.1 Å². The van der Waals surface area contributed by atoms with E-state index < -0.39 is 0 Å². The Morgan fingerprint density at radius 3 is 2.82 bits per heavy atom. The molecule has 3 heterocycles. The van der Waals surface area contributed by atoms with Crippen molar-refractivity contribution < 1.29 is 0 Å². The van der Waals surface area contributed by atoms with Gasteiger partial charge in [0, 0.05) is 29.6 Å². The van der Waals surface area contributed by atoms with Crippen LogP contribution < -0.4 is 5.32 Å². The summed E-state index contributed by atoms with van der Waals surface area (Å²) in [4.78, 5) is 3.08. The number of nitrogens with one attached hydrogen (secondary N) is 3. The Labute approximate surface area is 101 Å². The lowest BCUT2D eigenvalue weighted by molar-refractivity contribution is 0.451. The maximum absolute atomic E-state index is 4.47. The molecule has 0 aliphatic carbocycles. The first-order valence-electron chi connectivity index (χ1n) is 6.25. The maximum Gasteiger partial charge on any atom is 0.0967 e. The van der Waals surface area contributed by atoms with Gasteiger partial charge in [0.25, 0.3) is 0 Å². The average Bonchev–Trinajstić information content (AvgIpc) is 2.99. The first kappa shape index (κ1) is 10.6. The molecule has 4 nitrogen and oxygen atoms in total. The van der Waals surface area contributed by atoms with Crippen LogP contribution >= 0.6 is 0 Å². The summed E-state index contributed by atoms with van der Waals surface area (Å²) in [5, 5.41) is 11.1. The van der Waals surface area contributed by atoms with Crippen molar-refractivity contribution in [3.63, 3.8) is 0 Å². The highest BCUT2D eigenvalue weighted by Crippen LogP contribution is 2.31. The van der Waals surface area contributed by atoms with Crippen LogP contribution in [-0.2, 0) is 0 Å². The largest absolute Gasteiger partial charge is 0.367 e. The second-order valence-corrected chi connectivity index (χ2v) is 4.73. The fraction of sp³-hybridized carbons (Fsp3) is 0.462. The number of aromatic amines is 2. The standard InChI is InChI=1S/C13H18N4/c1-9-12(10-2-5-14-6-3-10)16-17-13(9)11-4-7-15-8-11/h4,7-8,10,14-15H,2-3,5-6H2,1H3,(H,16,17). The minimum Gasteiger partial charge on any atom is -0.367 e. The first-order valence-corrected chi connectivity index (χ1v) is 6.25. The third-order valence-corrected chi connectivity index (χ3v) is 3.67. The van der Waals surface area contributed by atoms with Gasteiger partial charge in [0.15, 0.2) is 0 Å². The molecule has 1 fully saturated rings. The lowest BCUT2D eigenvalue weighted by Gasteiger charge is -2.22. The fourth-order valence-electron chi connectivity index (χ4n) is 2.67. The molecule has 17 heavy (non-hydrogen) atoms. The first-order chi connectivity index (χ1) is 8.36. The smallest absolute Gasteiger partial charge is 0.0967 e. The number of rotatable bonds is 2. The average molecular weight is 230 g/mol. The molecular formula is C13H18N4. The van der Waals surface area contributed by atoms with Crippen molar-refractivity contribution in [1.29, 1.82) is 0 Å². The van der Waals surface area contributed by atoms with Crippen molar-refractivity contribution in [3.05, 3.63) is 29.7 Å². The minimum absolute atomic E-state index is 0.636. The molecular weight excluding hydrogens is 212 g/mol. The zero-order chi connectivity index (χ0) is 11.7. The molecule has 0 saturated carbocycles. The predicted molar refractivity (Wildman–Crippen MR) is 68.0 cm³/mol. The van der Waals surface area contributed by atoms with E-state index in [2.05, 4.69) is 33.5 Å². The topological polar surface area (TPSA) is 56.5 Å². The molecule has 1 aliphatic rings. The number of nitrogens with zero attached hydrogens (tertiary/aromatic N) is 1. The van der Waals surface area contributed by atoms with Gasteiger partial charge in [-0.2, -0.15) is 5.10 Å². The van der Waals surface area contributed by atoms with Crippen LogP contribution in [0.2, 0.25) is 0 Å². The van der Waals surface area contributed by atoms with Crippen LogP contribution in [0.15, 0.2) is 18.5 Å². The molecule has 0 atom stereocenters. The highest BCUT2D eigenvalue weighted by Gasteiger charge is 2.21. The highest BCUT2D eigenvalue weighted by molar-refractivity contribution is 5.63. The van der Waals surface area contributed by atoms with Crippen molar-refractivity contribution in [2.45, 2.75) is 25.7 Å². The molecule has 0 radical (unpaired) electrons. The quantitative estimate of drug-likeness (QED) is 0.740. The Bertz CT molecular complexity index is 477. The minimum atomic E-state index is 0.636. The maximum atomic E-state index is 4.47. The van der Waals surface area contributed by atoms with E-state index in [1.807, 2.05) is 12.4 Å². The van der Waals surface area contributed by atoms with Gasteiger partial charge in [0.2, 0.25) is 0 Å². The lowest BCUT2D eigenvalue weighted by atomic mass is 9.91. The normalized spacial score (nSPS) is 17.5. The zero-order valence-corrected chi connectivity index (χ0v) is 10.1. The molecule has 0 bridgehead atoms. The highest BCUT2D eigenvalue weighted by atomic mass is 15.1. The van der Waals surface area contributed by atoms with Gasteiger partial charge in [0.05, 0.1) is 5.69 Å². The van der Waals surface area contributed by atoms with Crippen LogP contribution in [0.4, 0.5) is 0 Å². The summed E-state index contributed by atoms with van der Waals surface area (Å²) in [6.07, 6.45) is 6.34. The van der Waals surface area contributed by atoms with Gasteiger partial charge in [-0.25, -0.2) is 0 Å². The zero-order valence-electron chi connectivity index (χ0n) is 10.1. The molecule has 1 saturated heterocycles. The van der Waals surface area contributed by atoms with Crippen LogP contribution in [0.1, 0.15) is 30.0 Å². The Balaban J connectivity index is 1.92. The van der Waals surface area contributed by atoms with Gasteiger partial charge in [-0.3, -0.25) is 5.10 Å². The molecule has 0 spiro atoms. The summed E-state index contributed by atoms with van der Waals surface area (Å²) in [6, 6.07) is 2.06. The molecule has 90 valence electrons. The molecule has 0 unspecified atom stereocenters. The van der Waals surface area contributed by atoms with E-state index in [4.69, 9.17) is 0 Å². The molecule has 0 amide bonds. The van der Waals surface area contributed by atoms with E-state index in [0.29, 0.717) is 5.92 Å². The van der Waals surface area contributed by atoms with Gasteiger partial charge >= 0.3 is 0 Å². The Morgan fingerprint density at radius 2 is 2.12 bits per heavy atom. The molecule has 3 rings (SSSR count). The summed E-state index contributed by atoms with van der Waals surface area (Å²) in [5.41, 5.74) is 4.87. The van der Waals surface area contributed by atoms with Gasteiger partial charge in [-0.15, -0.1) is 0 Å². The van der Waals surface area contributed by atoms with E-state index in [0.717, 1.165) is 18.8 Å². The number of hydrogen-bond acceptors (Lipinski definition) is 2. The second-order valence-electron chi connectivity index (χ2n) is 4.73. The van der Waals surface area contributed by atoms with Gasteiger partial charge < -0.3 is 10.3 Å². The van der Waals surface area contributed by atoms with Crippen LogP contribution in [0.5, 0.6) is 0 Å². The Morgan fingerprint density at radius 1 is 1.29 bits per heavy atom.